The molecule has 0 aromatic heterocycles. The number of hydrogen-bond acceptors (Lipinski definition) is 7. The zero-order chi connectivity index (χ0) is 23.4. The Morgan fingerprint density at radius 2 is 1.79 bits per heavy atom. The fraction of sp³-hybridized carbons (Fsp3) is 0.154. The molecule has 4 rings (SSSR count). The lowest BCUT2D eigenvalue weighted by Gasteiger charge is -2.27. The van der Waals surface area contributed by atoms with Crippen LogP contribution < -0.4 is 24.7 Å². The van der Waals surface area contributed by atoms with Crippen molar-refractivity contribution in [1.82, 2.24) is 0 Å². The first-order chi connectivity index (χ1) is 16.1. The summed E-state index contributed by atoms with van der Waals surface area (Å²) in [7, 11) is 1.57. The molecular weight excluding hydrogens is 420 g/mol. The lowest BCUT2D eigenvalue weighted by Crippen LogP contribution is -2.21. The Kier molecular flexibility index (Phi) is 6.18. The van der Waals surface area contributed by atoms with Gasteiger partial charge in [-0.1, -0.05) is 36.4 Å². The van der Waals surface area contributed by atoms with Gasteiger partial charge in [-0.3, -0.25) is 0 Å². The van der Waals surface area contributed by atoms with Crippen LogP contribution in [0.4, 0.5) is 0 Å². The molecule has 0 spiro atoms. The first-order valence-electron chi connectivity index (χ1n) is 10.4. The molecule has 7 heteroatoms. The molecule has 0 amide bonds. The highest BCUT2D eigenvalue weighted by molar-refractivity contribution is 5.94. The van der Waals surface area contributed by atoms with Crippen LogP contribution >= 0.6 is 0 Å². The van der Waals surface area contributed by atoms with Gasteiger partial charge < -0.3 is 24.7 Å². The van der Waals surface area contributed by atoms with E-state index in [0.29, 0.717) is 35.0 Å². The van der Waals surface area contributed by atoms with E-state index in [1.54, 1.807) is 49.6 Å². The molecule has 2 N–H and O–H groups in total. The van der Waals surface area contributed by atoms with Crippen LogP contribution in [0.1, 0.15) is 34.3 Å². The molecule has 0 aliphatic carbocycles. The smallest absolute Gasteiger partial charge is 0.347 e. The van der Waals surface area contributed by atoms with Gasteiger partial charge >= 0.3 is 5.97 Å². The number of carbonyl (C=O) groups excluding carboxylic acids is 1. The third-order valence-electron chi connectivity index (χ3n) is 5.26. The molecule has 1 unspecified atom stereocenters. The third-order valence-corrected chi connectivity index (χ3v) is 5.26. The number of nitrogens with zero attached hydrogens (tertiary/aromatic N) is 1. The fourth-order valence-electron chi connectivity index (χ4n) is 3.80. The second kappa shape index (κ2) is 9.37. The average Bonchev–Trinajstić information content (AvgIpc) is 2.83. The second-order valence-corrected chi connectivity index (χ2v) is 7.19. The highest BCUT2D eigenvalue weighted by Gasteiger charge is 2.33. The molecule has 0 saturated carbocycles. The van der Waals surface area contributed by atoms with Gasteiger partial charge in [0.1, 0.15) is 40.2 Å². The number of benzene rings is 3. The Bertz CT molecular complexity index is 1280. The van der Waals surface area contributed by atoms with Crippen molar-refractivity contribution in [2.24, 2.45) is 5.73 Å². The summed E-state index contributed by atoms with van der Waals surface area (Å²) in [6.07, 6.45) is 0. The van der Waals surface area contributed by atoms with Crippen molar-refractivity contribution in [2.75, 3.05) is 13.7 Å². The van der Waals surface area contributed by atoms with Crippen molar-refractivity contribution in [3.8, 4) is 29.1 Å². The summed E-state index contributed by atoms with van der Waals surface area (Å²) in [6.45, 7) is 2.27. The number of rotatable bonds is 6. The molecule has 0 bridgehead atoms. The van der Waals surface area contributed by atoms with Crippen LogP contribution in [0.2, 0.25) is 0 Å². The molecule has 3 aromatic carbocycles. The zero-order valence-corrected chi connectivity index (χ0v) is 18.2. The summed E-state index contributed by atoms with van der Waals surface area (Å²) in [4.78, 5) is 12.8. The number of para-hydroxylation sites is 2. The van der Waals surface area contributed by atoms with Gasteiger partial charge in [-0.15, -0.1) is 0 Å². The van der Waals surface area contributed by atoms with Crippen LogP contribution in [0.25, 0.3) is 0 Å². The molecule has 1 aliphatic heterocycles. The van der Waals surface area contributed by atoms with E-state index in [0.717, 1.165) is 5.56 Å². The van der Waals surface area contributed by atoms with Crippen LogP contribution in [-0.4, -0.2) is 19.7 Å². The quantitative estimate of drug-likeness (QED) is 0.442. The second-order valence-electron chi connectivity index (χ2n) is 7.19. The van der Waals surface area contributed by atoms with Gasteiger partial charge in [0.25, 0.3) is 0 Å². The number of methoxy groups -OCH3 is 1. The summed E-state index contributed by atoms with van der Waals surface area (Å²) in [5, 5.41) is 9.76. The normalized spacial score (nSPS) is 14.5. The van der Waals surface area contributed by atoms with Gasteiger partial charge in [-0.05, 0) is 31.2 Å². The number of hydrogen-bond donors (Lipinski definition) is 1. The zero-order valence-electron chi connectivity index (χ0n) is 18.2. The molecular formula is C26H22N2O5. The summed E-state index contributed by atoms with van der Waals surface area (Å²) in [5.41, 5.74) is 8.17. The third kappa shape index (κ3) is 4.19. The number of allylic oxidation sites excluding steroid dienone is 1. The van der Waals surface area contributed by atoms with Crippen molar-refractivity contribution < 1.29 is 23.7 Å². The predicted octanol–water partition coefficient (Wildman–Crippen LogP) is 4.53. The van der Waals surface area contributed by atoms with Crippen LogP contribution in [0.5, 0.6) is 23.0 Å². The molecule has 33 heavy (non-hydrogen) atoms. The standard InChI is InChI=1S/C26H22N2O5/c1-3-31-22-11-7-5-9-19(22)26(29)32-16-12-13-18-23(14-16)33-25(28)20(15-27)24(18)17-8-4-6-10-21(17)30-2/h4-14,24H,3,28H2,1-2H3. The van der Waals surface area contributed by atoms with Crippen molar-refractivity contribution >= 4 is 5.97 Å². The maximum absolute atomic E-state index is 12.8. The summed E-state index contributed by atoms with van der Waals surface area (Å²) >= 11 is 0. The predicted molar refractivity (Wildman–Crippen MR) is 121 cm³/mol. The van der Waals surface area contributed by atoms with Crippen molar-refractivity contribution in [3.05, 3.63) is 94.9 Å². The molecule has 0 saturated heterocycles. The van der Waals surface area contributed by atoms with E-state index in [1.807, 2.05) is 31.2 Å². The summed E-state index contributed by atoms with van der Waals surface area (Å²) < 4.78 is 22.3. The molecule has 7 nitrogen and oxygen atoms in total. The van der Waals surface area contributed by atoms with Crippen LogP contribution in [0, 0.1) is 11.3 Å². The first-order valence-corrected chi connectivity index (χ1v) is 10.4. The van der Waals surface area contributed by atoms with Gasteiger partial charge in [-0.25, -0.2) is 4.79 Å². The fourth-order valence-corrected chi connectivity index (χ4v) is 3.80. The SMILES string of the molecule is CCOc1ccccc1C(=O)Oc1ccc2c(c1)OC(N)=C(C#N)C2c1ccccc1OC. The minimum absolute atomic E-state index is 0.00826. The topological polar surface area (TPSA) is 104 Å². The van der Waals surface area contributed by atoms with E-state index in [9.17, 15) is 10.1 Å². The number of ether oxygens (including phenoxy) is 4. The number of fused-ring (bicyclic) bond motifs is 1. The molecule has 1 atom stereocenters. The minimum atomic E-state index is -0.558. The van der Waals surface area contributed by atoms with E-state index in [1.165, 1.54) is 0 Å². The van der Waals surface area contributed by atoms with Crippen molar-refractivity contribution in [3.63, 3.8) is 0 Å². The van der Waals surface area contributed by atoms with Gasteiger partial charge in [0.05, 0.1) is 19.6 Å². The van der Waals surface area contributed by atoms with E-state index in [-0.39, 0.29) is 17.2 Å². The lowest BCUT2D eigenvalue weighted by atomic mass is 9.83. The van der Waals surface area contributed by atoms with E-state index in [2.05, 4.69) is 6.07 Å². The molecule has 1 heterocycles. The maximum Gasteiger partial charge on any atom is 0.347 e. The lowest BCUT2D eigenvalue weighted by molar-refractivity contribution is 0.0730. The van der Waals surface area contributed by atoms with Gasteiger partial charge in [0.15, 0.2) is 0 Å². The Balaban J connectivity index is 1.70. The monoisotopic (exact) mass is 442 g/mol. The van der Waals surface area contributed by atoms with Gasteiger partial charge in [0.2, 0.25) is 5.88 Å². The van der Waals surface area contributed by atoms with Gasteiger partial charge in [-0.2, -0.15) is 5.26 Å². The highest BCUT2D eigenvalue weighted by atomic mass is 16.5. The average molecular weight is 442 g/mol. The Labute approximate surface area is 191 Å². The van der Waals surface area contributed by atoms with E-state index < -0.39 is 11.9 Å². The minimum Gasteiger partial charge on any atom is -0.496 e. The molecule has 166 valence electrons. The van der Waals surface area contributed by atoms with Crippen LogP contribution in [-0.2, 0) is 0 Å². The number of nitrogens with two attached hydrogens (primary N) is 1. The van der Waals surface area contributed by atoms with E-state index in [4.69, 9.17) is 24.7 Å². The summed E-state index contributed by atoms with van der Waals surface area (Å²) in [6, 6.07) is 21.4. The largest absolute Gasteiger partial charge is 0.496 e. The number of nitriles is 1. The van der Waals surface area contributed by atoms with Gasteiger partial charge in [0, 0.05) is 17.2 Å². The Hall–Kier alpha value is -4.44. The molecule has 0 fully saturated rings. The first kappa shape index (κ1) is 21.8. The highest BCUT2D eigenvalue weighted by Crippen LogP contribution is 2.45. The molecule has 1 aliphatic rings. The van der Waals surface area contributed by atoms with Crippen molar-refractivity contribution in [2.45, 2.75) is 12.8 Å². The molecule has 3 aromatic rings. The molecule has 0 radical (unpaired) electrons. The Morgan fingerprint density at radius 3 is 2.52 bits per heavy atom. The van der Waals surface area contributed by atoms with E-state index >= 15 is 0 Å². The van der Waals surface area contributed by atoms with Crippen molar-refractivity contribution in [1.29, 1.82) is 5.26 Å². The number of carbonyl (C=O) groups is 1. The Morgan fingerprint density at radius 1 is 1.06 bits per heavy atom. The van der Waals surface area contributed by atoms with Crippen LogP contribution in [0.15, 0.2) is 78.2 Å². The summed E-state index contributed by atoms with van der Waals surface area (Å²) in [5.74, 6) is 0.685. The maximum atomic E-state index is 12.8. The number of esters is 1. The van der Waals surface area contributed by atoms with Crippen LogP contribution in [0.3, 0.4) is 0 Å².